The molecule has 0 saturated heterocycles. The van der Waals surface area contributed by atoms with Gasteiger partial charge in [0.25, 0.3) is 0 Å². The van der Waals surface area contributed by atoms with E-state index >= 15 is 0 Å². The number of ketones is 1. The molecule has 0 unspecified atom stereocenters. The van der Waals surface area contributed by atoms with Crippen LogP contribution in [-0.2, 0) is 11.2 Å². The van der Waals surface area contributed by atoms with Crippen molar-refractivity contribution >= 4 is 5.78 Å². The average molecular weight is 219 g/mol. The molecule has 1 aromatic rings. The molecule has 0 saturated carbocycles. The number of carbonyl (C=O) groups is 1. The second-order valence-electron chi connectivity index (χ2n) is 3.94. The SMILES string of the molecule is O=C1C=C(NCCc2ccc(F)cc2)CC1. The summed E-state index contributed by atoms with van der Waals surface area (Å²) in [6, 6.07) is 6.50. The number of nitrogens with one attached hydrogen (secondary N) is 1. The summed E-state index contributed by atoms with van der Waals surface area (Å²) in [5.41, 5.74) is 2.12. The van der Waals surface area contributed by atoms with E-state index < -0.39 is 0 Å². The first-order valence-electron chi connectivity index (χ1n) is 5.46. The first-order valence-corrected chi connectivity index (χ1v) is 5.46. The monoisotopic (exact) mass is 219 g/mol. The fourth-order valence-electron chi connectivity index (χ4n) is 1.75. The first-order chi connectivity index (χ1) is 7.74. The molecular weight excluding hydrogens is 205 g/mol. The molecule has 16 heavy (non-hydrogen) atoms. The van der Waals surface area contributed by atoms with E-state index in [-0.39, 0.29) is 11.6 Å². The largest absolute Gasteiger partial charge is 0.388 e. The van der Waals surface area contributed by atoms with Crippen LogP contribution in [0.25, 0.3) is 0 Å². The third-order valence-electron chi connectivity index (χ3n) is 2.65. The number of benzene rings is 1. The van der Waals surface area contributed by atoms with Gasteiger partial charge in [-0.25, -0.2) is 4.39 Å². The van der Waals surface area contributed by atoms with Crippen LogP contribution in [0.2, 0.25) is 0 Å². The summed E-state index contributed by atoms with van der Waals surface area (Å²) >= 11 is 0. The van der Waals surface area contributed by atoms with Crippen LogP contribution in [0.1, 0.15) is 18.4 Å². The highest BCUT2D eigenvalue weighted by Crippen LogP contribution is 2.11. The lowest BCUT2D eigenvalue weighted by molar-refractivity contribution is -0.114. The Balaban J connectivity index is 1.78. The van der Waals surface area contributed by atoms with Gasteiger partial charge in [0.1, 0.15) is 5.82 Å². The molecule has 0 heterocycles. The van der Waals surface area contributed by atoms with E-state index in [1.165, 1.54) is 12.1 Å². The van der Waals surface area contributed by atoms with Gasteiger partial charge in [-0.2, -0.15) is 0 Å². The van der Waals surface area contributed by atoms with Crippen LogP contribution in [-0.4, -0.2) is 12.3 Å². The molecule has 0 radical (unpaired) electrons. The molecule has 0 atom stereocenters. The number of halogens is 1. The lowest BCUT2D eigenvalue weighted by Crippen LogP contribution is -2.15. The lowest BCUT2D eigenvalue weighted by Gasteiger charge is -2.06. The normalized spacial score (nSPS) is 15.1. The minimum Gasteiger partial charge on any atom is -0.388 e. The van der Waals surface area contributed by atoms with Gasteiger partial charge < -0.3 is 5.32 Å². The Hall–Kier alpha value is -1.64. The second-order valence-corrected chi connectivity index (χ2v) is 3.94. The van der Waals surface area contributed by atoms with Crippen molar-refractivity contribution in [3.05, 3.63) is 47.4 Å². The van der Waals surface area contributed by atoms with Crippen molar-refractivity contribution in [1.82, 2.24) is 5.32 Å². The van der Waals surface area contributed by atoms with Gasteiger partial charge in [0, 0.05) is 24.7 Å². The van der Waals surface area contributed by atoms with Crippen LogP contribution in [0.4, 0.5) is 4.39 Å². The van der Waals surface area contributed by atoms with Gasteiger partial charge >= 0.3 is 0 Å². The average Bonchev–Trinajstić information content (AvgIpc) is 2.67. The smallest absolute Gasteiger partial charge is 0.157 e. The van der Waals surface area contributed by atoms with Crippen molar-refractivity contribution in [2.75, 3.05) is 6.54 Å². The Morgan fingerprint density at radius 1 is 1.19 bits per heavy atom. The highest BCUT2D eigenvalue weighted by Gasteiger charge is 2.10. The quantitative estimate of drug-likeness (QED) is 0.841. The fraction of sp³-hybridized carbons (Fsp3) is 0.308. The highest BCUT2D eigenvalue weighted by molar-refractivity contribution is 5.92. The van der Waals surface area contributed by atoms with E-state index in [0.717, 1.165) is 30.6 Å². The fourth-order valence-corrected chi connectivity index (χ4v) is 1.75. The van der Waals surface area contributed by atoms with Gasteiger partial charge in [-0.3, -0.25) is 4.79 Å². The van der Waals surface area contributed by atoms with Gasteiger partial charge in [0.2, 0.25) is 0 Å². The lowest BCUT2D eigenvalue weighted by atomic mass is 10.1. The highest BCUT2D eigenvalue weighted by atomic mass is 19.1. The first kappa shape index (κ1) is 10.9. The Bertz CT molecular complexity index is 408. The van der Waals surface area contributed by atoms with Gasteiger partial charge in [-0.15, -0.1) is 0 Å². The molecule has 0 fully saturated rings. The van der Waals surface area contributed by atoms with Crippen molar-refractivity contribution in [2.45, 2.75) is 19.3 Å². The van der Waals surface area contributed by atoms with Crippen LogP contribution in [0.15, 0.2) is 36.0 Å². The van der Waals surface area contributed by atoms with Crippen molar-refractivity contribution in [2.24, 2.45) is 0 Å². The summed E-state index contributed by atoms with van der Waals surface area (Å²) in [6.45, 7) is 0.782. The summed E-state index contributed by atoms with van der Waals surface area (Å²) in [7, 11) is 0. The molecule has 1 aromatic carbocycles. The van der Waals surface area contributed by atoms with Gasteiger partial charge in [-0.05, 0) is 30.5 Å². The Morgan fingerprint density at radius 2 is 1.94 bits per heavy atom. The summed E-state index contributed by atoms with van der Waals surface area (Å²) in [5.74, 6) is -0.00918. The molecule has 0 spiro atoms. The van der Waals surface area contributed by atoms with Crippen LogP contribution in [0.3, 0.4) is 0 Å². The number of rotatable bonds is 4. The topological polar surface area (TPSA) is 29.1 Å². The molecule has 3 heteroatoms. The Labute approximate surface area is 94.2 Å². The molecule has 84 valence electrons. The van der Waals surface area contributed by atoms with Gasteiger partial charge in [0.15, 0.2) is 5.78 Å². The number of hydrogen-bond donors (Lipinski definition) is 1. The zero-order valence-corrected chi connectivity index (χ0v) is 9.00. The Morgan fingerprint density at radius 3 is 2.56 bits per heavy atom. The standard InChI is InChI=1S/C13H14FNO/c14-11-3-1-10(2-4-11)7-8-15-12-5-6-13(16)9-12/h1-4,9,15H,5-8H2. The minimum absolute atomic E-state index is 0.198. The van der Waals surface area contributed by atoms with E-state index in [0.29, 0.717) is 6.42 Å². The Kier molecular flexibility index (Phi) is 3.34. The van der Waals surface area contributed by atoms with E-state index in [1.807, 2.05) is 0 Å². The second kappa shape index (κ2) is 4.92. The minimum atomic E-state index is -0.208. The third-order valence-corrected chi connectivity index (χ3v) is 2.65. The molecule has 0 aromatic heterocycles. The zero-order valence-electron chi connectivity index (χ0n) is 9.00. The predicted molar refractivity (Wildman–Crippen MR) is 60.4 cm³/mol. The number of allylic oxidation sites excluding steroid dienone is 2. The maximum atomic E-state index is 12.6. The van der Waals surface area contributed by atoms with Crippen LogP contribution in [0.5, 0.6) is 0 Å². The van der Waals surface area contributed by atoms with Crippen LogP contribution >= 0.6 is 0 Å². The maximum absolute atomic E-state index is 12.6. The molecule has 1 N–H and O–H groups in total. The molecule has 1 aliphatic carbocycles. The van der Waals surface area contributed by atoms with Crippen molar-refractivity contribution in [3.63, 3.8) is 0 Å². The number of carbonyl (C=O) groups excluding carboxylic acids is 1. The molecule has 0 aliphatic heterocycles. The summed E-state index contributed by atoms with van der Waals surface area (Å²) in [6.07, 6.45) is 3.96. The van der Waals surface area contributed by atoms with Gasteiger partial charge in [-0.1, -0.05) is 12.1 Å². The van der Waals surface area contributed by atoms with Gasteiger partial charge in [0.05, 0.1) is 0 Å². The third kappa shape index (κ3) is 2.92. The summed E-state index contributed by atoms with van der Waals surface area (Å²) < 4.78 is 12.6. The molecule has 0 amide bonds. The van der Waals surface area contributed by atoms with E-state index in [4.69, 9.17) is 0 Å². The van der Waals surface area contributed by atoms with Crippen molar-refractivity contribution < 1.29 is 9.18 Å². The zero-order chi connectivity index (χ0) is 11.4. The van der Waals surface area contributed by atoms with E-state index in [2.05, 4.69) is 5.32 Å². The molecular formula is C13H14FNO. The van der Waals surface area contributed by atoms with Crippen LogP contribution in [0, 0.1) is 5.82 Å². The van der Waals surface area contributed by atoms with E-state index in [9.17, 15) is 9.18 Å². The number of hydrogen-bond acceptors (Lipinski definition) is 2. The van der Waals surface area contributed by atoms with Crippen molar-refractivity contribution in [3.8, 4) is 0 Å². The van der Waals surface area contributed by atoms with Crippen LogP contribution < -0.4 is 5.32 Å². The molecule has 2 rings (SSSR count). The maximum Gasteiger partial charge on any atom is 0.157 e. The molecule has 2 nitrogen and oxygen atoms in total. The summed E-state index contributed by atoms with van der Waals surface area (Å²) in [5, 5.41) is 3.22. The van der Waals surface area contributed by atoms with E-state index in [1.54, 1.807) is 18.2 Å². The molecule has 0 bridgehead atoms. The molecule has 1 aliphatic rings. The van der Waals surface area contributed by atoms with Crippen molar-refractivity contribution in [1.29, 1.82) is 0 Å². The predicted octanol–water partition coefficient (Wildman–Crippen LogP) is 2.20. The summed E-state index contributed by atoms with van der Waals surface area (Å²) in [4.78, 5) is 11.0.